The van der Waals surface area contributed by atoms with Crippen LogP contribution in [0.3, 0.4) is 0 Å². The minimum atomic E-state index is -0.847. The van der Waals surface area contributed by atoms with Crippen LogP contribution in [0.2, 0.25) is 0 Å². The van der Waals surface area contributed by atoms with Crippen LogP contribution in [0, 0.1) is 12.8 Å². The Morgan fingerprint density at radius 1 is 1.22 bits per heavy atom. The van der Waals surface area contributed by atoms with E-state index in [4.69, 9.17) is 9.47 Å². The van der Waals surface area contributed by atoms with Crippen molar-refractivity contribution < 1.29 is 19.1 Å². The van der Waals surface area contributed by atoms with Gasteiger partial charge in [-0.15, -0.1) is 0 Å². The van der Waals surface area contributed by atoms with Crippen molar-refractivity contribution in [1.29, 1.82) is 0 Å². The number of benzene rings is 1. The van der Waals surface area contributed by atoms with Crippen molar-refractivity contribution in [2.24, 2.45) is 5.92 Å². The highest BCUT2D eigenvalue weighted by Gasteiger charge is 2.43. The van der Waals surface area contributed by atoms with Crippen molar-refractivity contribution in [3.63, 3.8) is 0 Å². The smallest absolute Gasteiger partial charge is 0.417 e. The molecule has 0 aromatic heterocycles. The van der Waals surface area contributed by atoms with E-state index < -0.39 is 12.2 Å². The zero-order valence-electron chi connectivity index (χ0n) is 12.9. The van der Waals surface area contributed by atoms with Crippen molar-refractivity contribution in [1.82, 2.24) is 4.90 Å². The molecule has 1 aliphatic heterocycles. The maximum Gasteiger partial charge on any atom is 0.417 e. The Kier molecular flexibility index (Phi) is 4.02. The summed E-state index contributed by atoms with van der Waals surface area (Å²) >= 11 is 0. The summed E-state index contributed by atoms with van der Waals surface area (Å²) in [6.07, 6.45) is 7.50. The predicted octanol–water partition coefficient (Wildman–Crippen LogP) is 2.98. The number of ether oxygens (including phenoxy) is 2. The van der Waals surface area contributed by atoms with E-state index in [0.29, 0.717) is 0 Å². The van der Waals surface area contributed by atoms with E-state index >= 15 is 0 Å². The standard InChI is InChI=1S/C18H17NO4/c1-12-7-3-6-10-15(12)22-11-13-8-4-5-9-14(13)16-17(20)19(2)18(21)23-16/h3-11,14,16H,1-2H3/b13-11-. The van der Waals surface area contributed by atoms with Crippen LogP contribution in [0.1, 0.15) is 5.56 Å². The average Bonchev–Trinajstić information content (AvgIpc) is 2.82. The van der Waals surface area contributed by atoms with Gasteiger partial charge in [-0.25, -0.2) is 9.69 Å². The first-order valence-corrected chi connectivity index (χ1v) is 7.33. The van der Waals surface area contributed by atoms with Gasteiger partial charge < -0.3 is 9.47 Å². The third-order valence-electron chi connectivity index (χ3n) is 3.92. The minimum absolute atomic E-state index is 0.346. The van der Waals surface area contributed by atoms with E-state index in [-0.39, 0.29) is 11.8 Å². The quantitative estimate of drug-likeness (QED) is 0.805. The van der Waals surface area contributed by atoms with Crippen LogP contribution < -0.4 is 4.74 Å². The zero-order chi connectivity index (χ0) is 16.4. The molecule has 5 heteroatoms. The molecule has 0 radical (unpaired) electrons. The van der Waals surface area contributed by atoms with Gasteiger partial charge in [-0.2, -0.15) is 0 Å². The van der Waals surface area contributed by atoms with Gasteiger partial charge in [-0.3, -0.25) is 4.79 Å². The number of hydrogen-bond donors (Lipinski definition) is 0. The van der Waals surface area contributed by atoms with Gasteiger partial charge in [-0.1, -0.05) is 42.5 Å². The number of aryl methyl sites for hydroxylation is 1. The molecule has 2 aliphatic rings. The van der Waals surface area contributed by atoms with Gasteiger partial charge in [-0.05, 0) is 24.1 Å². The van der Waals surface area contributed by atoms with E-state index in [1.807, 2.05) is 55.5 Å². The summed E-state index contributed by atoms with van der Waals surface area (Å²) in [5, 5.41) is 0. The van der Waals surface area contributed by atoms with E-state index in [1.54, 1.807) is 6.26 Å². The normalized spacial score (nSPS) is 25.1. The Labute approximate surface area is 134 Å². The SMILES string of the molecule is Cc1ccccc1O/C=C1/C=CC=CC1C1OC(=O)N(C)C1=O. The summed E-state index contributed by atoms with van der Waals surface area (Å²) in [6, 6.07) is 7.66. The van der Waals surface area contributed by atoms with Gasteiger partial charge in [0.1, 0.15) is 5.75 Å². The molecule has 0 saturated carbocycles. The van der Waals surface area contributed by atoms with E-state index in [1.165, 1.54) is 7.05 Å². The number of imide groups is 1. The number of carbonyl (C=O) groups excluding carboxylic acids is 2. The average molecular weight is 311 g/mol. The van der Waals surface area contributed by atoms with E-state index in [0.717, 1.165) is 21.8 Å². The van der Waals surface area contributed by atoms with Crippen molar-refractivity contribution in [2.75, 3.05) is 7.05 Å². The first kappa shape index (κ1) is 15.1. The number of hydrogen-bond acceptors (Lipinski definition) is 4. The Balaban J connectivity index is 1.83. The summed E-state index contributed by atoms with van der Waals surface area (Å²) in [7, 11) is 1.42. The Morgan fingerprint density at radius 3 is 2.70 bits per heavy atom. The second kappa shape index (κ2) is 6.12. The van der Waals surface area contributed by atoms with Gasteiger partial charge >= 0.3 is 6.09 Å². The molecule has 1 heterocycles. The molecule has 5 nitrogen and oxygen atoms in total. The highest BCUT2D eigenvalue weighted by Crippen LogP contribution is 2.29. The molecule has 3 rings (SSSR count). The van der Waals surface area contributed by atoms with Gasteiger partial charge in [0.05, 0.1) is 12.2 Å². The summed E-state index contributed by atoms with van der Waals surface area (Å²) in [4.78, 5) is 24.7. The Hall–Kier alpha value is -2.82. The summed E-state index contributed by atoms with van der Waals surface area (Å²) < 4.78 is 10.9. The van der Waals surface area contributed by atoms with Crippen LogP contribution >= 0.6 is 0 Å². The number of para-hydroxylation sites is 1. The minimum Gasteiger partial charge on any atom is -0.464 e. The Morgan fingerprint density at radius 2 is 2.00 bits per heavy atom. The number of rotatable bonds is 3. The van der Waals surface area contributed by atoms with Gasteiger partial charge in [0.2, 0.25) is 0 Å². The van der Waals surface area contributed by atoms with Crippen molar-refractivity contribution in [3.8, 4) is 5.75 Å². The first-order valence-electron chi connectivity index (χ1n) is 7.33. The number of likely N-dealkylation sites (N-methyl/N-ethyl adjacent to an activating group) is 1. The summed E-state index contributed by atoms with van der Waals surface area (Å²) in [6.45, 7) is 1.96. The maximum absolute atomic E-state index is 12.1. The molecule has 1 fully saturated rings. The monoisotopic (exact) mass is 311 g/mol. The van der Waals surface area contributed by atoms with Crippen LogP contribution in [0.15, 0.2) is 60.4 Å². The lowest BCUT2D eigenvalue weighted by Gasteiger charge is -2.20. The lowest BCUT2D eigenvalue weighted by molar-refractivity contribution is -0.129. The van der Waals surface area contributed by atoms with Crippen molar-refractivity contribution in [2.45, 2.75) is 13.0 Å². The third kappa shape index (κ3) is 2.90. The predicted molar refractivity (Wildman–Crippen MR) is 84.7 cm³/mol. The molecule has 0 spiro atoms. The summed E-state index contributed by atoms with van der Waals surface area (Å²) in [5.41, 5.74) is 1.79. The third-order valence-corrected chi connectivity index (χ3v) is 3.92. The zero-order valence-corrected chi connectivity index (χ0v) is 12.9. The van der Waals surface area contributed by atoms with E-state index in [9.17, 15) is 9.59 Å². The molecule has 1 aromatic rings. The fourth-order valence-electron chi connectivity index (χ4n) is 2.53. The van der Waals surface area contributed by atoms with Crippen LogP contribution in [0.5, 0.6) is 5.75 Å². The molecule has 23 heavy (non-hydrogen) atoms. The number of carbonyl (C=O) groups is 2. The molecule has 0 N–H and O–H groups in total. The number of nitrogens with zero attached hydrogens (tertiary/aromatic N) is 1. The van der Waals surface area contributed by atoms with Gasteiger partial charge in [0.25, 0.3) is 5.91 Å². The largest absolute Gasteiger partial charge is 0.464 e. The number of allylic oxidation sites excluding steroid dienone is 3. The molecule has 0 bridgehead atoms. The fourth-order valence-corrected chi connectivity index (χ4v) is 2.53. The van der Waals surface area contributed by atoms with Gasteiger partial charge in [0.15, 0.2) is 6.10 Å². The van der Waals surface area contributed by atoms with Crippen LogP contribution in [-0.4, -0.2) is 30.1 Å². The van der Waals surface area contributed by atoms with Crippen LogP contribution in [0.25, 0.3) is 0 Å². The fraction of sp³-hybridized carbons (Fsp3) is 0.222. The maximum atomic E-state index is 12.1. The second-order valence-electron chi connectivity index (χ2n) is 5.47. The summed E-state index contributed by atoms with van der Waals surface area (Å²) in [5.74, 6) is 0.0423. The molecule has 1 aliphatic carbocycles. The van der Waals surface area contributed by atoms with Crippen molar-refractivity contribution >= 4 is 12.0 Å². The van der Waals surface area contributed by atoms with Crippen LogP contribution in [0.4, 0.5) is 4.79 Å². The highest BCUT2D eigenvalue weighted by molar-refractivity contribution is 6.00. The highest BCUT2D eigenvalue weighted by atomic mass is 16.6. The molecular formula is C18H17NO4. The van der Waals surface area contributed by atoms with Crippen LogP contribution in [-0.2, 0) is 9.53 Å². The molecule has 2 unspecified atom stereocenters. The second-order valence-corrected chi connectivity index (χ2v) is 5.47. The lowest BCUT2D eigenvalue weighted by atomic mass is 9.90. The Bertz CT molecular complexity index is 732. The molecular weight excluding hydrogens is 294 g/mol. The molecule has 2 atom stereocenters. The topological polar surface area (TPSA) is 55.8 Å². The van der Waals surface area contributed by atoms with Gasteiger partial charge in [0, 0.05) is 7.05 Å². The molecule has 2 amide bonds. The lowest BCUT2D eigenvalue weighted by Crippen LogP contribution is -2.32. The number of amides is 2. The van der Waals surface area contributed by atoms with Crippen molar-refractivity contribution in [3.05, 3.63) is 66.0 Å². The molecule has 1 saturated heterocycles. The van der Waals surface area contributed by atoms with E-state index in [2.05, 4.69) is 0 Å². The molecule has 1 aromatic carbocycles. The first-order chi connectivity index (χ1) is 11.1. The number of cyclic esters (lactones) is 1. The molecule has 118 valence electrons.